The number of thioether (sulfide) groups is 1. The van der Waals surface area contributed by atoms with Crippen LogP contribution in [0.1, 0.15) is 56.9 Å². The molecule has 0 bridgehead atoms. The van der Waals surface area contributed by atoms with Gasteiger partial charge in [0.25, 0.3) is 5.91 Å². The molecule has 230 valence electrons. The van der Waals surface area contributed by atoms with Gasteiger partial charge < -0.3 is 19.9 Å². The largest absolute Gasteiger partial charge is 0.392 e. The quantitative estimate of drug-likeness (QED) is 0.153. The van der Waals surface area contributed by atoms with E-state index in [4.69, 9.17) is 9.47 Å². The minimum absolute atomic E-state index is 0.00248. The molecule has 0 spiro atoms. The molecule has 7 nitrogen and oxygen atoms in total. The molecule has 6 rings (SSSR count). The van der Waals surface area contributed by atoms with Gasteiger partial charge in [0.05, 0.1) is 18.8 Å². The number of hydrogen-bond donors (Lipinski definition) is 2. The lowest BCUT2D eigenvalue weighted by molar-refractivity contribution is -0.268. The number of aryl methyl sites for hydroxylation is 1. The molecule has 1 aromatic heterocycles. The van der Waals surface area contributed by atoms with E-state index in [0.29, 0.717) is 12.1 Å². The van der Waals surface area contributed by atoms with Crippen LogP contribution in [0.15, 0.2) is 107 Å². The number of nitrogens with one attached hydrogen (secondary N) is 1. The van der Waals surface area contributed by atoms with Gasteiger partial charge in [-0.25, -0.2) is 0 Å². The monoisotopic (exact) mass is 637 g/mol. The summed E-state index contributed by atoms with van der Waals surface area (Å²) in [6.45, 7) is 4.54. The predicted octanol–water partition coefficient (Wildman–Crippen LogP) is 7.52. The van der Waals surface area contributed by atoms with E-state index in [1.54, 1.807) is 23.1 Å². The molecule has 45 heavy (non-hydrogen) atoms. The van der Waals surface area contributed by atoms with Crippen LogP contribution in [-0.2, 0) is 22.6 Å². The summed E-state index contributed by atoms with van der Waals surface area (Å²) in [5, 5.41) is 22.0. The van der Waals surface area contributed by atoms with Crippen LogP contribution in [0.3, 0.4) is 0 Å². The van der Waals surface area contributed by atoms with Crippen molar-refractivity contribution in [3.8, 4) is 11.1 Å². The minimum atomic E-state index is -0.556. The number of carbonyl (C=O) groups is 1. The Morgan fingerprint density at radius 1 is 0.889 bits per heavy atom. The van der Waals surface area contributed by atoms with E-state index >= 15 is 0 Å². The van der Waals surface area contributed by atoms with Crippen LogP contribution >= 0.6 is 23.1 Å². The number of hydrogen-bond acceptors (Lipinski definition) is 8. The first kappa shape index (κ1) is 31.1. The summed E-state index contributed by atoms with van der Waals surface area (Å²) in [5.41, 5.74) is 6.62. The molecule has 1 saturated heterocycles. The number of carbonyl (C=O) groups excluding carboxylic acids is 1. The summed E-state index contributed by atoms with van der Waals surface area (Å²) < 4.78 is 14.2. The summed E-state index contributed by atoms with van der Waals surface area (Å²) in [6.07, 6.45) is -0.832. The van der Waals surface area contributed by atoms with Crippen molar-refractivity contribution in [1.82, 2.24) is 15.5 Å². The summed E-state index contributed by atoms with van der Waals surface area (Å²) in [5.74, 6) is 0.706. The van der Waals surface area contributed by atoms with Crippen molar-refractivity contribution in [1.29, 1.82) is 0 Å². The molecule has 0 aliphatic carbocycles. The lowest BCUT2D eigenvalue weighted by atomic mass is 9.91. The summed E-state index contributed by atoms with van der Waals surface area (Å²) in [4.78, 5) is 12.7. The Hall–Kier alpha value is -3.86. The number of aliphatic hydroxyl groups excluding tert-OH is 1. The van der Waals surface area contributed by atoms with Gasteiger partial charge in [0.1, 0.15) is 5.01 Å². The molecule has 1 aliphatic heterocycles. The number of amides is 1. The Morgan fingerprint density at radius 2 is 1.60 bits per heavy atom. The normalized spacial score (nSPS) is 19.7. The fraction of sp³-hybridized carbons (Fsp3) is 0.250. The molecule has 1 fully saturated rings. The van der Waals surface area contributed by atoms with E-state index in [-0.39, 0.29) is 30.6 Å². The Morgan fingerprint density at radius 3 is 2.31 bits per heavy atom. The second-order valence-electron chi connectivity index (χ2n) is 11.0. The van der Waals surface area contributed by atoms with E-state index in [1.807, 2.05) is 79.7 Å². The number of rotatable bonds is 10. The third kappa shape index (κ3) is 7.52. The number of benzene rings is 4. The molecule has 0 saturated carbocycles. The van der Waals surface area contributed by atoms with Crippen LogP contribution < -0.4 is 5.32 Å². The summed E-state index contributed by atoms with van der Waals surface area (Å²) >= 11 is 3.25. The molecule has 4 atom stereocenters. The van der Waals surface area contributed by atoms with Crippen molar-refractivity contribution in [3.63, 3.8) is 0 Å². The number of nitrogens with zero attached hydrogens (tertiary/aromatic N) is 2. The zero-order valence-corrected chi connectivity index (χ0v) is 26.8. The standard InChI is InChI=1S/C36H35N3O4S2/c1-23-32(22-44-36-39-38-24(2)45-36)42-35(43-33(23)27-14-12-25(21-40)13-15-27)29-18-16-26(17-19-29)31-11-7-6-10-30(31)20-37-34(41)28-8-4-3-5-9-28/h3-19,23,32-33,35,40H,20-22H2,1-2H3,(H,37,41). The first-order chi connectivity index (χ1) is 22.0. The predicted molar refractivity (Wildman–Crippen MR) is 178 cm³/mol. The second kappa shape index (κ2) is 14.5. The minimum Gasteiger partial charge on any atom is -0.392 e. The van der Waals surface area contributed by atoms with Gasteiger partial charge in [-0.2, -0.15) is 0 Å². The highest BCUT2D eigenvalue weighted by Crippen LogP contribution is 2.43. The van der Waals surface area contributed by atoms with E-state index in [9.17, 15) is 9.90 Å². The third-order valence-electron chi connectivity index (χ3n) is 7.99. The molecule has 1 aliphatic rings. The van der Waals surface area contributed by atoms with Crippen LogP contribution in [0.2, 0.25) is 0 Å². The highest BCUT2D eigenvalue weighted by molar-refractivity contribution is 8.01. The Bertz CT molecular complexity index is 1710. The highest BCUT2D eigenvalue weighted by Gasteiger charge is 2.38. The summed E-state index contributed by atoms with van der Waals surface area (Å²) in [6, 6.07) is 33.6. The van der Waals surface area contributed by atoms with Gasteiger partial charge in [-0.15, -0.1) is 10.2 Å². The molecule has 2 heterocycles. The smallest absolute Gasteiger partial charge is 0.251 e. The van der Waals surface area contributed by atoms with E-state index < -0.39 is 6.29 Å². The lowest BCUT2D eigenvalue weighted by Gasteiger charge is -2.41. The van der Waals surface area contributed by atoms with Crippen molar-refractivity contribution >= 4 is 29.0 Å². The van der Waals surface area contributed by atoms with Crippen LogP contribution in [0.25, 0.3) is 11.1 Å². The zero-order valence-electron chi connectivity index (χ0n) is 25.1. The molecule has 4 aromatic carbocycles. The van der Waals surface area contributed by atoms with E-state index in [2.05, 4.69) is 52.8 Å². The summed E-state index contributed by atoms with van der Waals surface area (Å²) in [7, 11) is 0. The van der Waals surface area contributed by atoms with E-state index in [0.717, 1.165) is 48.5 Å². The second-order valence-corrected chi connectivity index (χ2v) is 13.5. The molecule has 0 radical (unpaired) electrons. The SMILES string of the molecule is Cc1nnc(SCC2OC(c3ccc(-c4ccccc4CNC(=O)c4ccccc4)cc3)OC(c3ccc(CO)cc3)C2C)s1. The first-order valence-electron chi connectivity index (χ1n) is 14.9. The molecular weight excluding hydrogens is 603 g/mol. The lowest BCUT2D eigenvalue weighted by Crippen LogP contribution is -2.38. The van der Waals surface area contributed by atoms with Gasteiger partial charge in [0.2, 0.25) is 0 Å². The number of aromatic nitrogens is 2. The maximum Gasteiger partial charge on any atom is 0.251 e. The van der Waals surface area contributed by atoms with Crippen molar-refractivity contribution in [2.45, 2.75) is 49.8 Å². The molecule has 4 unspecified atom stereocenters. The molecular formula is C36H35N3O4S2. The maximum atomic E-state index is 12.7. The number of aliphatic hydroxyl groups is 1. The van der Waals surface area contributed by atoms with E-state index in [1.165, 1.54) is 0 Å². The van der Waals surface area contributed by atoms with Crippen LogP contribution in [-0.4, -0.2) is 33.1 Å². The zero-order chi connectivity index (χ0) is 31.2. The van der Waals surface area contributed by atoms with Crippen molar-refractivity contribution in [2.75, 3.05) is 5.75 Å². The van der Waals surface area contributed by atoms with Crippen LogP contribution in [0, 0.1) is 12.8 Å². The molecule has 9 heteroatoms. The third-order valence-corrected chi connectivity index (χ3v) is 10.0. The Balaban J connectivity index is 1.21. The average molecular weight is 638 g/mol. The molecule has 5 aromatic rings. The van der Waals surface area contributed by atoms with Crippen molar-refractivity contribution in [2.24, 2.45) is 5.92 Å². The van der Waals surface area contributed by atoms with Gasteiger partial charge in [0, 0.05) is 29.3 Å². The Kier molecular flexibility index (Phi) is 10.0. The van der Waals surface area contributed by atoms with Crippen LogP contribution in [0.4, 0.5) is 0 Å². The van der Waals surface area contributed by atoms with Crippen molar-refractivity contribution in [3.05, 3.63) is 136 Å². The Labute approximate surface area is 271 Å². The van der Waals surface area contributed by atoms with Gasteiger partial charge in [-0.3, -0.25) is 4.79 Å². The van der Waals surface area contributed by atoms with Crippen LogP contribution in [0.5, 0.6) is 0 Å². The highest BCUT2D eigenvalue weighted by atomic mass is 32.2. The molecule has 2 N–H and O–H groups in total. The van der Waals surface area contributed by atoms with Gasteiger partial charge >= 0.3 is 0 Å². The van der Waals surface area contributed by atoms with Crippen molar-refractivity contribution < 1.29 is 19.4 Å². The number of ether oxygens (including phenoxy) is 2. The topological polar surface area (TPSA) is 93.6 Å². The first-order valence-corrected chi connectivity index (χ1v) is 16.7. The van der Waals surface area contributed by atoms with Gasteiger partial charge in [-0.05, 0) is 46.9 Å². The average Bonchev–Trinajstić information content (AvgIpc) is 3.52. The molecule has 1 amide bonds. The van der Waals surface area contributed by atoms with Gasteiger partial charge in [0.15, 0.2) is 10.6 Å². The fourth-order valence-electron chi connectivity index (χ4n) is 5.44. The maximum absolute atomic E-state index is 12.7. The van der Waals surface area contributed by atoms with Gasteiger partial charge in [-0.1, -0.05) is 121 Å². The fourth-order valence-corrected chi connectivity index (χ4v) is 7.45.